The fourth-order valence-corrected chi connectivity index (χ4v) is 10.3. The third-order valence-corrected chi connectivity index (χ3v) is 14.6. The molecule has 3 aliphatic rings. The van der Waals surface area contributed by atoms with E-state index in [1.807, 2.05) is 152 Å². The number of carbonyl (C=O) groups excluding carboxylic acids is 3. The molecule has 19 heteroatoms. The Morgan fingerprint density at radius 1 is 0.452 bits per heavy atom. The minimum atomic E-state index is -2.31. The van der Waals surface area contributed by atoms with Gasteiger partial charge in [-0.3, -0.25) is 9.59 Å². The molecule has 0 aliphatic carbocycles. The normalized spacial score (nSPS) is 27.3. The Labute approximate surface area is 488 Å². The zero-order chi connectivity index (χ0) is 58.8. The average molecular weight is 1160 g/mol. The van der Waals surface area contributed by atoms with Gasteiger partial charge in [0.15, 0.2) is 12.2 Å². The first-order chi connectivity index (χ1) is 40.9. The topological polar surface area (TPSA) is 221 Å². The smallest absolute Gasteiger partial charge is 0.338 e. The highest BCUT2D eigenvalue weighted by Crippen LogP contribution is 2.45. The van der Waals surface area contributed by atoms with E-state index in [1.54, 1.807) is 30.3 Å². The van der Waals surface area contributed by atoms with E-state index >= 15 is 0 Å². The quantitative estimate of drug-likeness (QED) is 0.0336. The molecule has 12 atom stereocenters. The number of benzene rings is 6. The molecule has 3 saturated heterocycles. The maximum Gasteiger partial charge on any atom is 0.338 e. The van der Waals surface area contributed by atoms with E-state index in [-0.39, 0.29) is 45.2 Å². The van der Waals surface area contributed by atoms with Gasteiger partial charge in [-0.25, -0.2) is 4.79 Å². The Bertz CT molecular complexity index is 2950. The molecule has 6 aromatic rings. The molecule has 446 valence electrons. The maximum atomic E-state index is 14.4. The van der Waals surface area contributed by atoms with Crippen LogP contribution < -0.4 is 0 Å². The molecular formula is C65H72O19. The second-order valence-corrected chi connectivity index (χ2v) is 20.6. The van der Waals surface area contributed by atoms with Crippen molar-refractivity contribution in [2.75, 3.05) is 46.8 Å². The molecule has 3 heterocycles. The molecule has 3 aliphatic heterocycles. The van der Waals surface area contributed by atoms with Crippen LogP contribution in [0.15, 0.2) is 182 Å². The van der Waals surface area contributed by atoms with Gasteiger partial charge in [0.2, 0.25) is 17.4 Å². The molecule has 0 aromatic heterocycles. The summed E-state index contributed by atoms with van der Waals surface area (Å²) in [6.07, 6.45) is -11.5. The highest BCUT2D eigenvalue weighted by Gasteiger charge is 2.66. The van der Waals surface area contributed by atoms with Crippen LogP contribution >= 0.6 is 0 Å². The van der Waals surface area contributed by atoms with Crippen molar-refractivity contribution in [1.82, 2.24) is 0 Å². The van der Waals surface area contributed by atoms with E-state index < -0.39 is 123 Å². The fraction of sp³-hybridized carbons (Fsp3) is 0.400. The van der Waals surface area contributed by atoms with E-state index in [9.17, 15) is 24.6 Å². The van der Waals surface area contributed by atoms with Crippen LogP contribution in [-0.4, -0.2) is 147 Å². The second kappa shape index (κ2) is 29.8. The van der Waals surface area contributed by atoms with E-state index in [0.29, 0.717) is 11.1 Å². The van der Waals surface area contributed by atoms with Gasteiger partial charge >= 0.3 is 17.9 Å². The number of aliphatic hydroxyl groups is 2. The van der Waals surface area contributed by atoms with E-state index in [2.05, 4.69) is 0 Å². The Morgan fingerprint density at radius 3 is 1.31 bits per heavy atom. The molecule has 0 radical (unpaired) electrons. The van der Waals surface area contributed by atoms with Crippen molar-refractivity contribution in [3.05, 3.63) is 215 Å². The number of aliphatic hydroxyl groups excluding tert-OH is 2. The largest absolute Gasteiger partial charge is 0.463 e. The Morgan fingerprint density at radius 2 is 0.833 bits per heavy atom. The summed E-state index contributed by atoms with van der Waals surface area (Å²) in [5, 5.41) is 23.6. The number of hydrogen-bond donors (Lipinski definition) is 2. The molecular weight excluding hydrogens is 1080 g/mol. The number of rotatable bonds is 30. The maximum absolute atomic E-state index is 14.4. The van der Waals surface area contributed by atoms with Gasteiger partial charge in [-0.2, -0.15) is 0 Å². The van der Waals surface area contributed by atoms with Gasteiger partial charge < -0.3 is 76.5 Å². The van der Waals surface area contributed by atoms with Gasteiger partial charge in [-0.15, -0.1) is 0 Å². The second-order valence-electron chi connectivity index (χ2n) is 20.6. The molecule has 0 saturated carbocycles. The van der Waals surface area contributed by atoms with Crippen LogP contribution in [0.5, 0.6) is 0 Å². The first-order valence-corrected chi connectivity index (χ1v) is 27.8. The van der Waals surface area contributed by atoms with Gasteiger partial charge in [0, 0.05) is 21.0 Å². The summed E-state index contributed by atoms with van der Waals surface area (Å²) in [6, 6.07) is 55.3. The van der Waals surface area contributed by atoms with Crippen LogP contribution in [0.2, 0.25) is 0 Å². The first-order valence-electron chi connectivity index (χ1n) is 27.8. The van der Waals surface area contributed by atoms with Crippen molar-refractivity contribution in [3.8, 4) is 0 Å². The summed E-state index contributed by atoms with van der Waals surface area (Å²) >= 11 is 0. The standard InChI is InChI=1S/C65H72O19/c1-45(67)73-40-53-56(69)59(76-36-49-26-14-6-15-27-49)63(42-66,82-53)79-44-65(61(78-38-51-30-18-8-19-31-51)58(55(84-65)41-74-46(2)68)81-62(70)52-32-20-9-21-33-52)80-43-64(71-3)60(77-37-50-28-16-7-17-29-50)57(75-35-48-24-12-5-13-25-48)54(83-64)39-72-34-47-22-10-4-11-23-47/h4-33,53-61,66,69H,34-44H2,1-3H3/t53-,54-,55-,56-,57-,58-,59+,60+,61+,63-,64-,65-/m1/s1. The number of esters is 3. The molecule has 19 nitrogen and oxygen atoms in total. The van der Waals surface area contributed by atoms with Crippen molar-refractivity contribution in [2.45, 2.75) is 119 Å². The minimum Gasteiger partial charge on any atom is -0.463 e. The van der Waals surface area contributed by atoms with Crippen molar-refractivity contribution in [2.24, 2.45) is 0 Å². The highest BCUT2D eigenvalue weighted by molar-refractivity contribution is 5.89. The lowest BCUT2D eigenvalue weighted by Crippen LogP contribution is -2.59. The van der Waals surface area contributed by atoms with Crippen LogP contribution in [0, 0.1) is 0 Å². The lowest BCUT2D eigenvalue weighted by atomic mass is 10.0. The lowest BCUT2D eigenvalue weighted by Gasteiger charge is -2.41. The Hall–Kier alpha value is -6.79. The van der Waals surface area contributed by atoms with Gasteiger partial charge in [0.25, 0.3) is 0 Å². The summed E-state index contributed by atoms with van der Waals surface area (Å²) < 4.78 is 92.0. The van der Waals surface area contributed by atoms with E-state index in [0.717, 1.165) is 16.7 Å². The lowest BCUT2D eigenvalue weighted by molar-refractivity contribution is -0.368. The van der Waals surface area contributed by atoms with Crippen molar-refractivity contribution < 1.29 is 90.9 Å². The molecule has 0 bridgehead atoms. The molecule has 84 heavy (non-hydrogen) atoms. The fourth-order valence-electron chi connectivity index (χ4n) is 10.3. The summed E-state index contributed by atoms with van der Waals surface area (Å²) in [4.78, 5) is 39.3. The summed E-state index contributed by atoms with van der Waals surface area (Å²) in [6.45, 7) is -0.567. The zero-order valence-electron chi connectivity index (χ0n) is 47.1. The number of hydrogen-bond acceptors (Lipinski definition) is 19. The van der Waals surface area contributed by atoms with Crippen molar-refractivity contribution >= 4 is 17.9 Å². The van der Waals surface area contributed by atoms with Gasteiger partial charge in [-0.1, -0.05) is 170 Å². The molecule has 0 spiro atoms. The molecule has 0 amide bonds. The zero-order valence-corrected chi connectivity index (χ0v) is 47.1. The number of ether oxygens (including phenoxy) is 14. The van der Waals surface area contributed by atoms with Crippen LogP contribution in [0.4, 0.5) is 0 Å². The SMILES string of the molecule is CO[C@]1(CO[C@]2(CO[C@]3(CO)O[C@H](COC(C)=O)[C@@H](O)[C@@H]3OCc3ccccc3)O[C@H](COC(C)=O)[C@@H](OC(=O)c3ccccc3)[C@@H]2OCc2ccccc2)O[C@H](COCc2ccccc2)[C@@H](OCc2ccccc2)[C@@H]1OCc1ccccc1. The predicted molar refractivity (Wildman–Crippen MR) is 300 cm³/mol. The van der Waals surface area contributed by atoms with Crippen LogP contribution in [0.1, 0.15) is 52.0 Å². The van der Waals surface area contributed by atoms with Gasteiger partial charge in [0.1, 0.15) is 75.8 Å². The Kier molecular flexibility index (Phi) is 21.9. The van der Waals surface area contributed by atoms with E-state index in [1.165, 1.54) is 21.0 Å². The van der Waals surface area contributed by atoms with Gasteiger partial charge in [-0.05, 0) is 39.9 Å². The monoisotopic (exact) mass is 1160 g/mol. The number of methoxy groups -OCH3 is 1. The summed E-state index contributed by atoms with van der Waals surface area (Å²) in [5.74, 6) is -8.57. The molecule has 0 unspecified atom stereocenters. The Balaban J connectivity index is 1.15. The highest BCUT2D eigenvalue weighted by atomic mass is 16.8. The van der Waals surface area contributed by atoms with Crippen LogP contribution in [0.25, 0.3) is 0 Å². The average Bonchev–Trinajstić information content (AvgIpc) is 2.97. The molecule has 2 N–H and O–H groups in total. The van der Waals surface area contributed by atoms with Crippen LogP contribution in [0.3, 0.4) is 0 Å². The van der Waals surface area contributed by atoms with Gasteiger partial charge in [0.05, 0.1) is 45.2 Å². The predicted octanol–water partition coefficient (Wildman–Crippen LogP) is 7.21. The van der Waals surface area contributed by atoms with E-state index in [4.69, 9.17) is 66.3 Å². The summed E-state index contributed by atoms with van der Waals surface area (Å²) in [5.41, 5.74) is 4.21. The third-order valence-electron chi connectivity index (χ3n) is 14.6. The minimum absolute atomic E-state index is 0.00222. The summed E-state index contributed by atoms with van der Waals surface area (Å²) in [7, 11) is 1.44. The van der Waals surface area contributed by atoms with Crippen LogP contribution in [-0.2, 0) is 109 Å². The number of carbonyl (C=O) groups is 3. The molecule has 6 aromatic carbocycles. The first kappa shape index (κ1) is 61.8. The van der Waals surface area contributed by atoms with Crippen molar-refractivity contribution in [1.29, 1.82) is 0 Å². The molecule has 9 rings (SSSR count). The van der Waals surface area contributed by atoms with Crippen molar-refractivity contribution in [3.63, 3.8) is 0 Å². The third kappa shape index (κ3) is 15.7. The molecule has 3 fully saturated rings.